The Hall–Kier alpha value is -1.90. The number of hydrogen-bond acceptors (Lipinski definition) is 2. The molecule has 2 aromatic rings. The van der Waals surface area contributed by atoms with E-state index < -0.39 is 0 Å². The van der Waals surface area contributed by atoms with E-state index in [4.69, 9.17) is 0 Å². The minimum atomic E-state index is -0.261. The van der Waals surface area contributed by atoms with Crippen LogP contribution >= 0.6 is 0 Å². The zero-order valence-corrected chi connectivity index (χ0v) is 13.7. The van der Waals surface area contributed by atoms with Gasteiger partial charge in [0.25, 0.3) is 0 Å². The molecule has 2 rings (SSSR count). The molecule has 116 valence electrons. The maximum Gasteiger partial charge on any atom is 0.0387 e. The normalized spacial score (nSPS) is 11.5. The Labute approximate surface area is 133 Å². The van der Waals surface area contributed by atoms with Crippen molar-refractivity contribution in [3.05, 3.63) is 83.4 Å². The molecule has 0 saturated carbocycles. The summed E-state index contributed by atoms with van der Waals surface area (Å²) in [7, 11) is 1.71. The predicted octanol–water partition coefficient (Wildman–Crippen LogP) is 4.65. The van der Waals surface area contributed by atoms with E-state index in [1.807, 2.05) is 12.1 Å². The van der Waals surface area contributed by atoms with Crippen molar-refractivity contribution in [2.75, 3.05) is 13.6 Å². The molecule has 0 bridgehead atoms. The molecule has 0 unspecified atom stereocenters. The minimum Gasteiger partial charge on any atom is -0.314 e. The Balaban J connectivity index is 2.60. The summed E-state index contributed by atoms with van der Waals surface area (Å²) in [6, 6.07) is 20.9. The maximum absolute atomic E-state index is 9.99. The number of hydrogen-bond donors (Lipinski definition) is 1. The fourth-order valence-corrected chi connectivity index (χ4v) is 2.93. The molecule has 0 atom stereocenters. The lowest BCUT2D eigenvalue weighted by atomic mass is 9.71. The summed E-state index contributed by atoms with van der Waals surface area (Å²) in [5, 5.41) is 11.3. The number of benzene rings is 2. The van der Waals surface area contributed by atoms with E-state index in [2.05, 4.69) is 68.5 Å². The molecule has 0 radical (unpaired) electrons. The van der Waals surface area contributed by atoms with Crippen molar-refractivity contribution >= 4 is 0 Å². The molecular weight excluding hydrogens is 270 g/mol. The van der Waals surface area contributed by atoms with Crippen LogP contribution in [0.15, 0.2) is 72.3 Å². The van der Waals surface area contributed by atoms with Gasteiger partial charge in [-0.25, -0.2) is 0 Å². The van der Waals surface area contributed by atoms with Gasteiger partial charge >= 0.3 is 0 Å². The third-order valence-electron chi connectivity index (χ3n) is 4.01. The molecule has 22 heavy (non-hydrogen) atoms. The quantitative estimate of drug-likeness (QED) is 0.619. The number of hydroxylamine groups is 2. The second kappa shape index (κ2) is 7.39. The van der Waals surface area contributed by atoms with Crippen molar-refractivity contribution < 1.29 is 5.21 Å². The molecule has 0 saturated heterocycles. The van der Waals surface area contributed by atoms with Crippen LogP contribution in [-0.2, 0) is 5.41 Å². The van der Waals surface area contributed by atoms with Crippen molar-refractivity contribution in [2.24, 2.45) is 0 Å². The van der Waals surface area contributed by atoms with E-state index in [1.165, 1.54) is 21.8 Å². The van der Waals surface area contributed by atoms with E-state index in [-0.39, 0.29) is 5.41 Å². The first-order valence-electron chi connectivity index (χ1n) is 7.69. The van der Waals surface area contributed by atoms with Gasteiger partial charge in [0.15, 0.2) is 0 Å². The minimum absolute atomic E-state index is 0.261. The summed E-state index contributed by atoms with van der Waals surface area (Å²) < 4.78 is 0. The third kappa shape index (κ3) is 3.85. The first-order valence-corrected chi connectivity index (χ1v) is 7.69. The fraction of sp³-hybridized carbons (Fsp3) is 0.300. The van der Waals surface area contributed by atoms with Crippen LogP contribution in [0.25, 0.3) is 0 Å². The molecule has 0 heterocycles. The van der Waals surface area contributed by atoms with Crippen molar-refractivity contribution in [3.63, 3.8) is 0 Å². The Bertz CT molecular complexity index is 559. The van der Waals surface area contributed by atoms with E-state index in [0.29, 0.717) is 6.54 Å². The lowest BCUT2D eigenvalue weighted by Crippen LogP contribution is -2.38. The second-order valence-electron chi connectivity index (χ2n) is 6.12. The molecule has 0 aliphatic rings. The average Bonchev–Trinajstić information content (AvgIpc) is 2.53. The third-order valence-corrected chi connectivity index (χ3v) is 4.01. The topological polar surface area (TPSA) is 23.5 Å². The summed E-state index contributed by atoms with van der Waals surface area (Å²) in [6.45, 7) is 4.78. The molecule has 2 heteroatoms. The van der Waals surface area contributed by atoms with Gasteiger partial charge in [0.2, 0.25) is 0 Å². The standard InChI is InChI=1S/C20H25NO/c1-17(2)14-15-20(16-21(3)22,18-10-6-4-7-11-18)19-12-8-5-9-13-19/h4-14,22H,15-16H2,1-3H3. The second-order valence-corrected chi connectivity index (χ2v) is 6.12. The van der Waals surface area contributed by atoms with Crippen LogP contribution in [-0.4, -0.2) is 23.9 Å². The van der Waals surface area contributed by atoms with Crippen LogP contribution in [0.3, 0.4) is 0 Å². The van der Waals surface area contributed by atoms with Gasteiger partial charge in [-0.3, -0.25) is 0 Å². The molecule has 0 fully saturated rings. The number of rotatable bonds is 6. The molecule has 1 N–H and O–H groups in total. The highest BCUT2D eigenvalue weighted by Crippen LogP contribution is 2.37. The van der Waals surface area contributed by atoms with Gasteiger partial charge < -0.3 is 5.21 Å². The highest BCUT2D eigenvalue weighted by atomic mass is 16.5. The van der Waals surface area contributed by atoms with Gasteiger partial charge in [-0.1, -0.05) is 72.3 Å². The summed E-state index contributed by atoms with van der Waals surface area (Å²) >= 11 is 0. The van der Waals surface area contributed by atoms with Crippen LogP contribution < -0.4 is 0 Å². The molecule has 0 amide bonds. The van der Waals surface area contributed by atoms with Gasteiger partial charge in [-0.15, -0.1) is 0 Å². The van der Waals surface area contributed by atoms with Crippen molar-refractivity contribution in [1.29, 1.82) is 0 Å². The van der Waals surface area contributed by atoms with Crippen LogP contribution in [0.1, 0.15) is 31.4 Å². The zero-order valence-electron chi connectivity index (χ0n) is 13.7. The van der Waals surface area contributed by atoms with Crippen LogP contribution in [0.5, 0.6) is 0 Å². The lowest BCUT2D eigenvalue weighted by molar-refractivity contribution is -0.0770. The summed E-state index contributed by atoms with van der Waals surface area (Å²) in [5.74, 6) is 0. The van der Waals surface area contributed by atoms with E-state index in [1.54, 1.807) is 7.05 Å². The summed E-state index contributed by atoms with van der Waals surface area (Å²) in [5.41, 5.74) is 3.47. The van der Waals surface area contributed by atoms with Gasteiger partial charge in [-0.2, -0.15) is 5.06 Å². The fourth-order valence-electron chi connectivity index (χ4n) is 2.93. The lowest BCUT2D eigenvalue weighted by Gasteiger charge is -2.36. The first-order chi connectivity index (χ1) is 10.5. The Kier molecular flexibility index (Phi) is 5.53. The van der Waals surface area contributed by atoms with E-state index in [0.717, 1.165) is 6.42 Å². The predicted molar refractivity (Wildman–Crippen MR) is 92.1 cm³/mol. The number of nitrogens with zero attached hydrogens (tertiary/aromatic N) is 1. The van der Waals surface area contributed by atoms with Gasteiger partial charge in [0, 0.05) is 19.0 Å². The number of allylic oxidation sites excluding steroid dienone is 2. The van der Waals surface area contributed by atoms with E-state index >= 15 is 0 Å². The zero-order chi connectivity index (χ0) is 16.0. The molecular formula is C20H25NO. The van der Waals surface area contributed by atoms with Crippen LogP contribution in [0.4, 0.5) is 0 Å². The van der Waals surface area contributed by atoms with E-state index in [9.17, 15) is 5.21 Å². The SMILES string of the molecule is CC(C)=CCC(CN(C)O)(c1ccccc1)c1ccccc1. The maximum atomic E-state index is 9.99. The molecule has 0 aromatic heterocycles. The molecule has 2 aromatic carbocycles. The van der Waals surface area contributed by atoms with Crippen LogP contribution in [0, 0.1) is 0 Å². The average molecular weight is 295 g/mol. The van der Waals surface area contributed by atoms with Crippen molar-refractivity contribution in [2.45, 2.75) is 25.7 Å². The summed E-state index contributed by atoms with van der Waals surface area (Å²) in [6.07, 6.45) is 3.11. The molecule has 0 aliphatic heterocycles. The number of likely N-dealkylation sites (N-methyl/N-ethyl adjacent to an activating group) is 1. The monoisotopic (exact) mass is 295 g/mol. The Morgan fingerprint density at radius 1 is 0.955 bits per heavy atom. The van der Waals surface area contributed by atoms with Crippen molar-refractivity contribution in [3.8, 4) is 0 Å². The Morgan fingerprint density at radius 2 is 1.41 bits per heavy atom. The van der Waals surface area contributed by atoms with Gasteiger partial charge in [0.05, 0.1) is 0 Å². The molecule has 2 nitrogen and oxygen atoms in total. The highest BCUT2D eigenvalue weighted by Gasteiger charge is 2.34. The smallest absolute Gasteiger partial charge is 0.0387 e. The van der Waals surface area contributed by atoms with Gasteiger partial charge in [0.1, 0.15) is 0 Å². The van der Waals surface area contributed by atoms with Crippen LogP contribution in [0.2, 0.25) is 0 Å². The Morgan fingerprint density at radius 3 is 1.77 bits per heavy atom. The first kappa shape index (κ1) is 16.5. The summed E-state index contributed by atoms with van der Waals surface area (Å²) in [4.78, 5) is 0. The largest absolute Gasteiger partial charge is 0.314 e. The van der Waals surface area contributed by atoms with Crippen molar-refractivity contribution in [1.82, 2.24) is 5.06 Å². The molecule has 0 spiro atoms. The molecule has 0 aliphatic carbocycles. The highest BCUT2D eigenvalue weighted by molar-refractivity contribution is 5.41. The van der Waals surface area contributed by atoms with Gasteiger partial charge in [-0.05, 0) is 31.4 Å².